The van der Waals surface area contributed by atoms with Gasteiger partial charge >= 0.3 is 0 Å². The van der Waals surface area contributed by atoms with Gasteiger partial charge in [0.2, 0.25) is 0 Å². The van der Waals surface area contributed by atoms with Crippen LogP contribution in [-0.2, 0) is 0 Å². The molecule has 14 heavy (non-hydrogen) atoms. The van der Waals surface area contributed by atoms with Crippen LogP contribution in [0.3, 0.4) is 0 Å². The molecule has 0 spiro atoms. The van der Waals surface area contributed by atoms with E-state index in [2.05, 4.69) is 4.98 Å². The Morgan fingerprint density at radius 2 is 2.14 bits per heavy atom. The van der Waals surface area contributed by atoms with Crippen molar-refractivity contribution < 1.29 is 4.39 Å². The highest BCUT2D eigenvalue weighted by molar-refractivity contribution is 6.33. The molecular formula is C9H11Cl2FN2. The van der Waals surface area contributed by atoms with Gasteiger partial charge in [-0.15, -0.1) is 0 Å². The second kappa shape index (κ2) is 4.91. The van der Waals surface area contributed by atoms with Gasteiger partial charge < -0.3 is 5.73 Å². The molecule has 0 aromatic carbocycles. The van der Waals surface area contributed by atoms with Crippen molar-refractivity contribution in [2.45, 2.75) is 19.3 Å². The van der Waals surface area contributed by atoms with Crippen molar-refractivity contribution in [1.29, 1.82) is 0 Å². The van der Waals surface area contributed by atoms with Gasteiger partial charge in [0.1, 0.15) is 5.15 Å². The Bertz CT molecular complexity index is 331. The molecule has 5 heteroatoms. The molecule has 0 saturated heterocycles. The molecule has 1 atom stereocenters. The summed E-state index contributed by atoms with van der Waals surface area (Å²) in [6.45, 7) is 2.45. The lowest BCUT2D eigenvalue weighted by atomic mass is 10.00. The fraction of sp³-hybridized carbons (Fsp3) is 0.444. The Kier molecular flexibility index (Phi) is 4.11. The highest BCUT2D eigenvalue weighted by atomic mass is 35.5. The number of halogens is 3. The molecule has 0 saturated carbocycles. The molecule has 0 radical (unpaired) electrons. The first kappa shape index (κ1) is 11.7. The minimum Gasteiger partial charge on any atom is -0.330 e. The molecular weight excluding hydrogens is 226 g/mol. The number of hydrogen-bond donors (Lipinski definition) is 1. The Morgan fingerprint density at radius 1 is 1.50 bits per heavy atom. The molecule has 1 unspecified atom stereocenters. The van der Waals surface area contributed by atoms with Gasteiger partial charge in [0.25, 0.3) is 0 Å². The van der Waals surface area contributed by atoms with Crippen molar-refractivity contribution in [1.82, 2.24) is 4.98 Å². The zero-order chi connectivity index (χ0) is 10.7. The van der Waals surface area contributed by atoms with Crippen LogP contribution in [0, 0.1) is 5.82 Å². The third-order valence-electron chi connectivity index (χ3n) is 2.04. The van der Waals surface area contributed by atoms with Gasteiger partial charge in [-0.3, -0.25) is 0 Å². The van der Waals surface area contributed by atoms with Crippen LogP contribution >= 0.6 is 23.2 Å². The molecule has 78 valence electrons. The number of nitrogens with zero attached hydrogens (tertiary/aromatic N) is 1. The topological polar surface area (TPSA) is 38.9 Å². The Hall–Kier alpha value is -0.380. The number of hydrogen-bond acceptors (Lipinski definition) is 2. The Labute approximate surface area is 92.2 Å². The average molecular weight is 237 g/mol. The van der Waals surface area contributed by atoms with Crippen molar-refractivity contribution in [3.05, 3.63) is 27.8 Å². The summed E-state index contributed by atoms with van der Waals surface area (Å²) in [6, 6.07) is 1.32. The molecule has 1 rings (SSSR count). The van der Waals surface area contributed by atoms with Gasteiger partial charge in [-0.1, -0.05) is 30.1 Å². The standard InChI is InChI=1S/C9H11Cl2FN2/c1-5(2-3-13)6-4-7(12)9(11)14-8(6)10/h4-5H,2-3,13H2,1H3. The van der Waals surface area contributed by atoms with Gasteiger partial charge in [0.05, 0.1) is 0 Å². The summed E-state index contributed by atoms with van der Waals surface area (Å²) in [4.78, 5) is 3.69. The molecule has 2 nitrogen and oxygen atoms in total. The maximum Gasteiger partial charge on any atom is 0.166 e. The first-order valence-corrected chi connectivity index (χ1v) is 5.03. The van der Waals surface area contributed by atoms with Gasteiger partial charge in [-0.25, -0.2) is 9.37 Å². The second-order valence-electron chi connectivity index (χ2n) is 3.12. The highest BCUT2D eigenvalue weighted by Gasteiger charge is 2.13. The van der Waals surface area contributed by atoms with Gasteiger partial charge in [0, 0.05) is 0 Å². The summed E-state index contributed by atoms with van der Waals surface area (Å²) < 4.78 is 13.1. The molecule has 1 aromatic rings. The normalized spacial score (nSPS) is 12.9. The lowest BCUT2D eigenvalue weighted by molar-refractivity contribution is 0.609. The van der Waals surface area contributed by atoms with E-state index in [1.54, 1.807) is 0 Å². The minimum atomic E-state index is -0.546. The molecule has 0 aliphatic carbocycles. The third kappa shape index (κ3) is 2.56. The van der Waals surface area contributed by atoms with Crippen LogP contribution in [-0.4, -0.2) is 11.5 Å². The van der Waals surface area contributed by atoms with E-state index in [4.69, 9.17) is 28.9 Å². The first-order valence-electron chi connectivity index (χ1n) is 4.27. The van der Waals surface area contributed by atoms with E-state index in [0.717, 1.165) is 6.42 Å². The SMILES string of the molecule is CC(CCN)c1cc(F)c(Cl)nc1Cl. The molecule has 0 bridgehead atoms. The van der Waals surface area contributed by atoms with Crippen LogP contribution < -0.4 is 5.73 Å². The summed E-state index contributed by atoms with van der Waals surface area (Å²) >= 11 is 11.3. The van der Waals surface area contributed by atoms with Crippen molar-refractivity contribution >= 4 is 23.2 Å². The van der Waals surface area contributed by atoms with Crippen molar-refractivity contribution in [2.75, 3.05) is 6.54 Å². The van der Waals surface area contributed by atoms with Crippen molar-refractivity contribution in [3.63, 3.8) is 0 Å². The summed E-state index contributed by atoms with van der Waals surface area (Å²) in [7, 11) is 0. The summed E-state index contributed by atoms with van der Waals surface area (Å²) in [5.74, 6) is -0.457. The number of rotatable bonds is 3. The second-order valence-corrected chi connectivity index (χ2v) is 3.84. The van der Waals surface area contributed by atoms with E-state index in [1.807, 2.05) is 6.92 Å². The van der Waals surface area contributed by atoms with Gasteiger partial charge in [0.15, 0.2) is 11.0 Å². The van der Waals surface area contributed by atoms with Crippen LogP contribution in [0.2, 0.25) is 10.3 Å². The quantitative estimate of drug-likeness (QED) is 0.820. The van der Waals surface area contributed by atoms with Crippen LogP contribution in [0.5, 0.6) is 0 Å². The lowest BCUT2D eigenvalue weighted by Gasteiger charge is -2.12. The Balaban J connectivity index is 3.02. The van der Waals surface area contributed by atoms with Crippen LogP contribution in [0.15, 0.2) is 6.07 Å². The summed E-state index contributed by atoms with van der Waals surface area (Å²) in [5.41, 5.74) is 6.05. The van der Waals surface area contributed by atoms with Gasteiger partial charge in [-0.05, 0) is 30.5 Å². The molecule has 1 aromatic heterocycles. The van der Waals surface area contributed by atoms with Crippen molar-refractivity contribution in [3.8, 4) is 0 Å². The fourth-order valence-corrected chi connectivity index (χ4v) is 1.72. The molecule has 0 amide bonds. The zero-order valence-corrected chi connectivity index (χ0v) is 9.24. The largest absolute Gasteiger partial charge is 0.330 e. The van der Waals surface area contributed by atoms with Crippen molar-refractivity contribution in [2.24, 2.45) is 5.73 Å². The zero-order valence-electron chi connectivity index (χ0n) is 7.73. The number of nitrogens with two attached hydrogens (primary N) is 1. The molecule has 2 N–H and O–H groups in total. The predicted octanol–water partition coefficient (Wildman–Crippen LogP) is 2.98. The molecule has 0 aliphatic rings. The summed E-state index contributed by atoms with van der Waals surface area (Å²) in [6.07, 6.45) is 0.739. The fourth-order valence-electron chi connectivity index (χ4n) is 1.21. The Morgan fingerprint density at radius 3 is 2.71 bits per heavy atom. The van der Waals surface area contributed by atoms with E-state index < -0.39 is 5.82 Å². The van der Waals surface area contributed by atoms with Crippen LogP contribution in [0.1, 0.15) is 24.8 Å². The maximum atomic E-state index is 13.1. The van der Waals surface area contributed by atoms with E-state index in [-0.39, 0.29) is 16.2 Å². The molecule has 0 fully saturated rings. The van der Waals surface area contributed by atoms with E-state index in [9.17, 15) is 4.39 Å². The lowest BCUT2D eigenvalue weighted by Crippen LogP contribution is -2.06. The highest BCUT2D eigenvalue weighted by Crippen LogP contribution is 2.28. The molecule has 1 heterocycles. The molecule has 0 aliphatic heterocycles. The van der Waals surface area contributed by atoms with E-state index >= 15 is 0 Å². The monoisotopic (exact) mass is 236 g/mol. The van der Waals surface area contributed by atoms with Gasteiger partial charge in [-0.2, -0.15) is 0 Å². The van der Waals surface area contributed by atoms with E-state index in [0.29, 0.717) is 12.1 Å². The first-order chi connectivity index (χ1) is 6.56. The number of aromatic nitrogens is 1. The predicted molar refractivity (Wildman–Crippen MR) is 56.3 cm³/mol. The minimum absolute atomic E-state index is 0.0896. The smallest absolute Gasteiger partial charge is 0.166 e. The van der Waals surface area contributed by atoms with Crippen LogP contribution in [0.25, 0.3) is 0 Å². The van der Waals surface area contributed by atoms with E-state index in [1.165, 1.54) is 6.07 Å². The average Bonchev–Trinajstić information content (AvgIpc) is 2.11. The number of pyridine rings is 1. The third-order valence-corrected chi connectivity index (χ3v) is 2.61. The maximum absolute atomic E-state index is 13.1. The van der Waals surface area contributed by atoms with Crippen LogP contribution in [0.4, 0.5) is 4.39 Å². The summed E-state index contributed by atoms with van der Waals surface area (Å²) in [5, 5.41) is 0.0519.